The average molecular weight is 373 g/mol. The fourth-order valence-electron chi connectivity index (χ4n) is 4.82. The van der Waals surface area contributed by atoms with Crippen LogP contribution in [0.2, 0.25) is 0 Å². The summed E-state index contributed by atoms with van der Waals surface area (Å²) >= 11 is 0. The Morgan fingerprint density at radius 3 is 2.59 bits per heavy atom. The van der Waals surface area contributed by atoms with Crippen LogP contribution in [0.1, 0.15) is 68.3 Å². The number of rotatable bonds is 7. The molecule has 1 amide bonds. The van der Waals surface area contributed by atoms with Crippen molar-refractivity contribution in [3.8, 4) is 5.75 Å². The number of hydrogen-bond donors (Lipinski definition) is 1. The lowest BCUT2D eigenvalue weighted by Gasteiger charge is -2.57. The first-order valence-corrected chi connectivity index (χ1v) is 10.1. The van der Waals surface area contributed by atoms with Crippen LogP contribution in [-0.2, 0) is 16.0 Å². The summed E-state index contributed by atoms with van der Waals surface area (Å²) in [7, 11) is 1.58. The second kappa shape index (κ2) is 8.42. The van der Waals surface area contributed by atoms with Crippen LogP contribution in [0, 0.1) is 5.41 Å². The summed E-state index contributed by atoms with van der Waals surface area (Å²) in [6, 6.07) is 5.44. The summed E-state index contributed by atoms with van der Waals surface area (Å²) in [6.45, 7) is 4.29. The van der Waals surface area contributed by atoms with E-state index in [1.165, 1.54) is 26.2 Å². The first kappa shape index (κ1) is 19.9. The molecular formula is C22H31NO4. The SMILES string of the molecule is CCO[C@@H]1C[C@H](NC(=O)Cc2cc(C(C)=O)ccc2OC)C12CCCCC2. The van der Waals surface area contributed by atoms with Gasteiger partial charge >= 0.3 is 0 Å². The van der Waals surface area contributed by atoms with Gasteiger partial charge in [0, 0.05) is 29.2 Å². The molecule has 5 nitrogen and oxygen atoms in total. The van der Waals surface area contributed by atoms with E-state index >= 15 is 0 Å². The summed E-state index contributed by atoms with van der Waals surface area (Å²) in [5.74, 6) is 0.612. The Morgan fingerprint density at radius 1 is 1.22 bits per heavy atom. The Morgan fingerprint density at radius 2 is 1.96 bits per heavy atom. The van der Waals surface area contributed by atoms with E-state index in [4.69, 9.17) is 9.47 Å². The zero-order valence-corrected chi connectivity index (χ0v) is 16.7. The number of benzene rings is 1. The van der Waals surface area contributed by atoms with Crippen LogP contribution in [0.15, 0.2) is 18.2 Å². The molecule has 2 saturated carbocycles. The van der Waals surface area contributed by atoms with Gasteiger partial charge in [-0.1, -0.05) is 19.3 Å². The fraction of sp³-hybridized carbons (Fsp3) is 0.636. The lowest BCUT2D eigenvalue weighted by Crippen LogP contribution is -2.65. The molecule has 2 aliphatic rings. The third-order valence-corrected chi connectivity index (χ3v) is 6.31. The second-order valence-electron chi connectivity index (χ2n) is 7.85. The first-order valence-electron chi connectivity index (χ1n) is 10.1. The first-order chi connectivity index (χ1) is 13.0. The van der Waals surface area contributed by atoms with Crippen molar-refractivity contribution in [1.29, 1.82) is 0 Å². The number of carbonyl (C=O) groups is 2. The smallest absolute Gasteiger partial charge is 0.224 e. The number of hydrogen-bond acceptors (Lipinski definition) is 4. The van der Waals surface area contributed by atoms with E-state index in [-0.39, 0.29) is 35.7 Å². The van der Waals surface area contributed by atoms with E-state index in [0.29, 0.717) is 11.3 Å². The summed E-state index contributed by atoms with van der Waals surface area (Å²) in [5.41, 5.74) is 1.46. The maximum absolute atomic E-state index is 12.8. The molecule has 0 saturated heterocycles. The number of ketones is 1. The van der Waals surface area contributed by atoms with Crippen LogP contribution in [-0.4, -0.2) is 37.6 Å². The number of methoxy groups -OCH3 is 1. The molecule has 148 valence electrons. The van der Waals surface area contributed by atoms with Gasteiger partial charge in [-0.3, -0.25) is 9.59 Å². The fourth-order valence-corrected chi connectivity index (χ4v) is 4.82. The highest BCUT2D eigenvalue weighted by Gasteiger charge is 2.56. The predicted octanol–water partition coefficient (Wildman–Crippen LogP) is 3.68. The van der Waals surface area contributed by atoms with Crippen LogP contribution in [0.3, 0.4) is 0 Å². The minimum atomic E-state index is -0.0149. The van der Waals surface area contributed by atoms with Crippen molar-refractivity contribution in [3.05, 3.63) is 29.3 Å². The van der Waals surface area contributed by atoms with Gasteiger partial charge in [0.2, 0.25) is 5.91 Å². The van der Waals surface area contributed by atoms with Gasteiger partial charge < -0.3 is 14.8 Å². The molecule has 2 fully saturated rings. The van der Waals surface area contributed by atoms with Crippen LogP contribution in [0.25, 0.3) is 0 Å². The second-order valence-corrected chi connectivity index (χ2v) is 7.85. The Kier molecular flexibility index (Phi) is 6.20. The molecule has 1 aromatic rings. The Labute approximate surface area is 161 Å². The molecule has 0 aliphatic heterocycles. The van der Waals surface area contributed by atoms with E-state index in [1.54, 1.807) is 25.3 Å². The summed E-state index contributed by atoms with van der Waals surface area (Å²) in [6.07, 6.45) is 7.34. The monoisotopic (exact) mass is 373 g/mol. The quantitative estimate of drug-likeness (QED) is 0.741. The van der Waals surface area contributed by atoms with Gasteiger partial charge in [0.15, 0.2) is 5.78 Å². The average Bonchev–Trinajstić information content (AvgIpc) is 2.67. The lowest BCUT2D eigenvalue weighted by molar-refractivity contribution is -0.156. The largest absolute Gasteiger partial charge is 0.496 e. The zero-order chi connectivity index (χ0) is 19.4. The molecule has 2 aliphatic carbocycles. The predicted molar refractivity (Wildman–Crippen MR) is 104 cm³/mol. The zero-order valence-electron chi connectivity index (χ0n) is 16.7. The van der Waals surface area contributed by atoms with E-state index < -0.39 is 0 Å². The molecule has 1 spiro atoms. The minimum absolute atomic E-state index is 0.0148. The summed E-state index contributed by atoms with van der Waals surface area (Å²) in [5, 5.41) is 3.25. The van der Waals surface area contributed by atoms with Crippen molar-refractivity contribution >= 4 is 11.7 Å². The van der Waals surface area contributed by atoms with E-state index in [2.05, 4.69) is 5.32 Å². The van der Waals surface area contributed by atoms with Gasteiger partial charge in [0.25, 0.3) is 0 Å². The van der Waals surface area contributed by atoms with Crippen LogP contribution >= 0.6 is 0 Å². The molecule has 5 heteroatoms. The molecule has 0 heterocycles. The summed E-state index contributed by atoms with van der Waals surface area (Å²) in [4.78, 5) is 24.4. The normalized spacial score (nSPS) is 23.5. The van der Waals surface area contributed by atoms with E-state index in [9.17, 15) is 9.59 Å². The maximum Gasteiger partial charge on any atom is 0.224 e. The summed E-state index contributed by atoms with van der Waals surface area (Å²) < 4.78 is 11.3. The van der Waals surface area contributed by atoms with Gasteiger partial charge in [-0.25, -0.2) is 0 Å². The van der Waals surface area contributed by atoms with Crippen molar-refractivity contribution in [2.45, 2.75) is 70.9 Å². The molecule has 0 aromatic heterocycles. The van der Waals surface area contributed by atoms with E-state index in [1.807, 2.05) is 6.92 Å². The minimum Gasteiger partial charge on any atom is -0.496 e. The van der Waals surface area contributed by atoms with Crippen molar-refractivity contribution < 1.29 is 19.1 Å². The molecule has 0 radical (unpaired) electrons. The third kappa shape index (κ3) is 4.03. The van der Waals surface area contributed by atoms with E-state index in [0.717, 1.165) is 31.4 Å². The van der Waals surface area contributed by atoms with Crippen LogP contribution in [0.4, 0.5) is 0 Å². The highest BCUT2D eigenvalue weighted by atomic mass is 16.5. The van der Waals surface area contributed by atoms with Gasteiger partial charge in [-0.05, 0) is 51.3 Å². The molecule has 1 N–H and O–H groups in total. The van der Waals surface area contributed by atoms with Crippen LogP contribution < -0.4 is 10.1 Å². The lowest BCUT2D eigenvalue weighted by atomic mass is 9.55. The van der Waals surface area contributed by atoms with Crippen LogP contribution in [0.5, 0.6) is 5.75 Å². The molecule has 1 aromatic carbocycles. The van der Waals surface area contributed by atoms with Gasteiger partial charge in [0.1, 0.15) is 5.75 Å². The highest BCUT2D eigenvalue weighted by Crippen LogP contribution is 2.53. The molecular weight excluding hydrogens is 342 g/mol. The molecule has 27 heavy (non-hydrogen) atoms. The van der Waals surface area contributed by atoms with Crippen molar-refractivity contribution in [2.24, 2.45) is 5.41 Å². The van der Waals surface area contributed by atoms with Crippen molar-refractivity contribution in [1.82, 2.24) is 5.32 Å². The molecule has 3 rings (SSSR count). The maximum atomic E-state index is 12.8. The number of nitrogens with one attached hydrogen (secondary N) is 1. The standard InChI is InChI=1S/C22H31NO4/c1-4-27-20-14-19(22(20)10-6-5-7-11-22)23-21(25)13-17-12-16(15(2)24)8-9-18(17)26-3/h8-9,12,19-20H,4-7,10-11,13-14H2,1-3H3,(H,23,25)/t19-,20+/m0/s1. The number of ether oxygens (including phenoxy) is 2. The van der Waals surface area contributed by atoms with Crippen molar-refractivity contribution in [3.63, 3.8) is 0 Å². The topological polar surface area (TPSA) is 64.6 Å². The van der Waals surface area contributed by atoms with Gasteiger partial charge in [-0.15, -0.1) is 0 Å². The molecule has 0 unspecified atom stereocenters. The molecule has 0 bridgehead atoms. The highest BCUT2D eigenvalue weighted by molar-refractivity contribution is 5.94. The number of Topliss-reactive ketones (excluding diaryl/α,β-unsaturated/α-hetero) is 1. The number of amides is 1. The third-order valence-electron chi connectivity index (χ3n) is 6.31. The van der Waals surface area contributed by atoms with Gasteiger partial charge in [0.05, 0.1) is 19.6 Å². The van der Waals surface area contributed by atoms with Crippen molar-refractivity contribution in [2.75, 3.05) is 13.7 Å². The van der Waals surface area contributed by atoms with Gasteiger partial charge in [-0.2, -0.15) is 0 Å². The Bertz CT molecular complexity index is 694. The molecule has 2 atom stereocenters. The Hall–Kier alpha value is -1.88. The number of carbonyl (C=O) groups excluding carboxylic acids is 2. The Balaban J connectivity index is 1.69.